The zero-order valence-electron chi connectivity index (χ0n) is 10.2. The summed E-state index contributed by atoms with van der Waals surface area (Å²) < 4.78 is 0. The highest BCUT2D eigenvalue weighted by atomic mass is 16.1. The normalized spacial score (nSPS) is 10.6. The molecule has 0 spiro atoms. The molecule has 2 aromatic carbocycles. The monoisotopic (exact) mass is 248 g/mol. The van der Waals surface area contributed by atoms with Crippen molar-refractivity contribution in [3.63, 3.8) is 0 Å². The third kappa shape index (κ3) is 3.55. The van der Waals surface area contributed by atoms with Crippen molar-refractivity contribution in [1.82, 2.24) is 0 Å². The van der Waals surface area contributed by atoms with Crippen LogP contribution < -0.4 is 5.32 Å². The number of carbonyl (C=O) groups is 1. The van der Waals surface area contributed by atoms with Crippen molar-refractivity contribution < 1.29 is 4.79 Å². The molecule has 92 valence electrons. The number of nitriles is 1. The molecule has 0 atom stereocenters. The topological polar surface area (TPSA) is 52.9 Å². The predicted molar refractivity (Wildman–Crippen MR) is 75.1 cm³/mol. The van der Waals surface area contributed by atoms with Crippen LogP contribution in [0.1, 0.15) is 5.56 Å². The van der Waals surface area contributed by atoms with Crippen LogP contribution in [0, 0.1) is 11.3 Å². The zero-order valence-corrected chi connectivity index (χ0v) is 10.2. The van der Waals surface area contributed by atoms with Crippen LogP contribution in [-0.4, -0.2) is 5.91 Å². The largest absolute Gasteiger partial charge is 0.321 e. The lowest BCUT2D eigenvalue weighted by molar-refractivity contribution is -0.112. The number of rotatable bonds is 3. The summed E-state index contributed by atoms with van der Waals surface area (Å²) in [4.78, 5) is 11.9. The van der Waals surface area contributed by atoms with Gasteiger partial charge >= 0.3 is 0 Å². The van der Waals surface area contributed by atoms with Crippen LogP contribution in [0.5, 0.6) is 0 Å². The summed E-state index contributed by atoms with van der Waals surface area (Å²) in [7, 11) is 0. The van der Waals surface area contributed by atoms with E-state index < -0.39 is 5.91 Å². The Morgan fingerprint density at radius 3 is 2.16 bits per heavy atom. The van der Waals surface area contributed by atoms with Crippen molar-refractivity contribution >= 4 is 17.7 Å². The summed E-state index contributed by atoms with van der Waals surface area (Å²) in [6, 6.07) is 20.2. The number of amides is 1. The fraction of sp³-hybridized carbons (Fsp3) is 0. The van der Waals surface area contributed by atoms with Crippen LogP contribution in [-0.2, 0) is 4.79 Å². The Kier molecular flexibility index (Phi) is 4.09. The van der Waals surface area contributed by atoms with Crippen LogP contribution in [0.4, 0.5) is 5.69 Å². The fourth-order valence-corrected chi connectivity index (χ4v) is 1.58. The lowest BCUT2D eigenvalue weighted by atomic mass is 10.1. The van der Waals surface area contributed by atoms with E-state index in [0.29, 0.717) is 5.69 Å². The van der Waals surface area contributed by atoms with Gasteiger partial charge in [0.15, 0.2) is 0 Å². The van der Waals surface area contributed by atoms with Crippen LogP contribution in [0.3, 0.4) is 0 Å². The molecule has 0 saturated heterocycles. The first-order valence-corrected chi connectivity index (χ1v) is 5.83. The predicted octanol–water partition coefficient (Wildman–Crippen LogP) is 3.23. The SMILES string of the molecule is N#C/C(=C\c1ccccc1)C(=O)Nc1ccccc1. The summed E-state index contributed by atoms with van der Waals surface area (Å²) >= 11 is 0. The molecule has 3 heteroatoms. The molecule has 0 radical (unpaired) electrons. The van der Waals surface area contributed by atoms with Gasteiger partial charge < -0.3 is 5.32 Å². The van der Waals surface area contributed by atoms with E-state index in [9.17, 15) is 4.79 Å². The number of benzene rings is 2. The molecule has 0 aliphatic rings. The van der Waals surface area contributed by atoms with Gasteiger partial charge in [-0.1, -0.05) is 48.5 Å². The van der Waals surface area contributed by atoms with Crippen molar-refractivity contribution in [2.24, 2.45) is 0 Å². The van der Waals surface area contributed by atoms with Gasteiger partial charge in [0.05, 0.1) is 0 Å². The van der Waals surface area contributed by atoms with Gasteiger partial charge in [0, 0.05) is 5.69 Å². The highest BCUT2D eigenvalue weighted by Crippen LogP contribution is 2.10. The van der Waals surface area contributed by atoms with Crippen LogP contribution in [0.2, 0.25) is 0 Å². The molecule has 2 rings (SSSR count). The number of para-hydroxylation sites is 1. The molecule has 0 saturated carbocycles. The highest BCUT2D eigenvalue weighted by molar-refractivity contribution is 6.09. The second-order valence-electron chi connectivity index (χ2n) is 3.90. The highest BCUT2D eigenvalue weighted by Gasteiger charge is 2.08. The third-order valence-electron chi connectivity index (χ3n) is 2.51. The second kappa shape index (κ2) is 6.18. The van der Waals surface area contributed by atoms with Gasteiger partial charge in [-0.15, -0.1) is 0 Å². The van der Waals surface area contributed by atoms with E-state index in [1.807, 2.05) is 54.6 Å². The molecule has 0 fully saturated rings. The van der Waals surface area contributed by atoms with E-state index in [1.165, 1.54) is 0 Å². The number of hydrogen-bond donors (Lipinski definition) is 1. The number of anilines is 1. The maximum atomic E-state index is 11.9. The Morgan fingerprint density at radius 2 is 1.58 bits per heavy atom. The van der Waals surface area contributed by atoms with Gasteiger partial charge in [0.2, 0.25) is 0 Å². The van der Waals surface area contributed by atoms with Crippen molar-refractivity contribution in [3.8, 4) is 6.07 Å². The first kappa shape index (κ1) is 12.6. The second-order valence-corrected chi connectivity index (χ2v) is 3.90. The Balaban J connectivity index is 2.17. The van der Waals surface area contributed by atoms with Gasteiger partial charge in [0.25, 0.3) is 5.91 Å². The number of nitrogens with zero attached hydrogens (tertiary/aromatic N) is 1. The van der Waals surface area contributed by atoms with Crippen molar-refractivity contribution in [2.75, 3.05) is 5.32 Å². The molecule has 0 aromatic heterocycles. The molecule has 0 aliphatic carbocycles. The van der Waals surface area contributed by atoms with Gasteiger partial charge in [-0.2, -0.15) is 5.26 Å². The summed E-state index contributed by atoms with van der Waals surface area (Å²) in [6.45, 7) is 0. The van der Waals surface area contributed by atoms with E-state index in [0.717, 1.165) is 5.56 Å². The van der Waals surface area contributed by atoms with E-state index in [-0.39, 0.29) is 5.57 Å². The van der Waals surface area contributed by atoms with E-state index in [1.54, 1.807) is 18.2 Å². The summed E-state index contributed by atoms with van der Waals surface area (Å²) in [5.74, 6) is -0.405. The average Bonchev–Trinajstić information content (AvgIpc) is 2.47. The molecule has 0 aliphatic heterocycles. The molecule has 1 amide bonds. The van der Waals surface area contributed by atoms with Gasteiger partial charge in [-0.05, 0) is 23.8 Å². The third-order valence-corrected chi connectivity index (χ3v) is 2.51. The lowest BCUT2D eigenvalue weighted by Crippen LogP contribution is -2.13. The minimum absolute atomic E-state index is 0.0788. The molecule has 1 N–H and O–H groups in total. The summed E-state index contributed by atoms with van der Waals surface area (Å²) in [5.41, 5.74) is 1.57. The maximum Gasteiger partial charge on any atom is 0.266 e. The molecule has 2 aromatic rings. The number of hydrogen-bond acceptors (Lipinski definition) is 2. The van der Waals surface area contributed by atoms with Crippen molar-refractivity contribution in [3.05, 3.63) is 71.8 Å². The van der Waals surface area contributed by atoms with E-state index in [2.05, 4.69) is 5.32 Å². The Morgan fingerprint density at radius 1 is 1.00 bits per heavy atom. The van der Waals surface area contributed by atoms with Gasteiger partial charge in [-0.3, -0.25) is 4.79 Å². The number of nitrogens with one attached hydrogen (secondary N) is 1. The van der Waals surface area contributed by atoms with Gasteiger partial charge in [-0.25, -0.2) is 0 Å². The molecule has 3 nitrogen and oxygen atoms in total. The molecular formula is C16H12N2O. The quantitative estimate of drug-likeness (QED) is 0.669. The maximum absolute atomic E-state index is 11.9. The molecular weight excluding hydrogens is 236 g/mol. The van der Waals surface area contributed by atoms with E-state index in [4.69, 9.17) is 5.26 Å². The first-order valence-electron chi connectivity index (χ1n) is 5.83. The fourth-order valence-electron chi connectivity index (χ4n) is 1.58. The van der Waals surface area contributed by atoms with Crippen LogP contribution >= 0.6 is 0 Å². The minimum atomic E-state index is -0.405. The summed E-state index contributed by atoms with van der Waals surface area (Å²) in [6.07, 6.45) is 1.57. The Bertz CT molecular complexity index is 625. The number of carbonyl (C=O) groups excluding carboxylic acids is 1. The standard InChI is InChI=1S/C16H12N2O/c17-12-14(11-13-7-3-1-4-8-13)16(19)18-15-9-5-2-6-10-15/h1-11H,(H,18,19)/b14-11+. The molecule has 0 bridgehead atoms. The first-order chi connectivity index (χ1) is 9.29. The van der Waals surface area contributed by atoms with Crippen LogP contribution in [0.25, 0.3) is 6.08 Å². The lowest BCUT2D eigenvalue weighted by Gasteiger charge is -2.03. The Hall–Kier alpha value is -2.86. The van der Waals surface area contributed by atoms with Crippen molar-refractivity contribution in [1.29, 1.82) is 5.26 Å². The molecule has 19 heavy (non-hydrogen) atoms. The Labute approximate surface area is 111 Å². The smallest absolute Gasteiger partial charge is 0.266 e. The van der Waals surface area contributed by atoms with E-state index >= 15 is 0 Å². The zero-order chi connectivity index (χ0) is 13.5. The van der Waals surface area contributed by atoms with Crippen molar-refractivity contribution in [2.45, 2.75) is 0 Å². The molecule has 0 unspecified atom stereocenters. The van der Waals surface area contributed by atoms with Gasteiger partial charge in [0.1, 0.15) is 11.6 Å². The van der Waals surface area contributed by atoms with Crippen LogP contribution in [0.15, 0.2) is 66.2 Å². The minimum Gasteiger partial charge on any atom is -0.321 e. The molecule has 0 heterocycles. The average molecular weight is 248 g/mol. The summed E-state index contributed by atoms with van der Waals surface area (Å²) in [5, 5.41) is 11.7.